The molecule has 0 fully saturated rings. The summed E-state index contributed by atoms with van der Waals surface area (Å²) in [6, 6.07) is 8.13. The van der Waals surface area contributed by atoms with Gasteiger partial charge < -0.3 is 4.43 Å². The summed E-state index contributed by atoms with van der Waals surface area (Å²) in [6.07, 6.45) is 1.39. The molecule has 1 aliphatic rings. The van der Waals surface area contributed by atoms with Gasteiger partial charge in [-0.1, -0.05) is 53.4 Å². The number of Topliss-reactive ketones (excluding diaryl/α,β-unsaturated/α-hetero) is 1. The lowest BCUT2D eigenvalue weighted by atomic mass is 10.1. The Labute approximate surface area is 160 Å². The summed E-state index contributed by atoms with van der Waals surface area (Å²) in [6.45, 7) is 15.7. The van der Waals surface area contributed by atoms with Crippen LogP contribution in [-0.2, 0) is 4.79 Å². The van der Waals surface area contributed by atoms with Crippen LogP contribution in [0.3, 0.4) is 0 Å². The Bertz CT molecular complexity index is 721. The zero-order valence-electron chi connectivity index (χ0n) is 17.3. The Balaban J connectivity index is 2.21. The van der Waals surface area contributed by atoms with Crippen molar-refractivity contribution < 1.29 is 9.22 Å². The molecule has 3 heteroatoms. The van der Waals surface area contributed by atoms with Crippen molar-refractivity contribution in [2.45, 2.75) is 77.9 Å². The average Bonchev–Trinajstić information content (AvgIpc) is 2.89. The molecule has 0 aromatic heterocycles. The summed E-state index contributed by atoms with van der Waals surface area (Å²) in [5.74, 6) is 7.55. The number of hydrogen-bond acceptors (Lipinski definition) is 2. The molecule has 0 radical (unpaired) electrons. The van der Waals surface area contributed by atoms with Gasteiger partial charge in [0.1, 0.15) is 5.75 Å². The van der Waals surface area contributed by atoms with Crippen LogP contribution < -0.4 is 4.43 Å². The van der Waals surface area contributed by atoms with Crippen LogP contribution in [0.1, 0.15) is 66.9 Å². The van der Waals surface area contributed by atoms with Gasteiger partial charge in [-0.05, 0) is 54.2 Å². The molecule has 0 N–H and O–H groups in total. The Kier molecular flexibility index (Phi) is 6.52. The Morgan fingerprint density at radius 1 is 0.885 bits per heavy atom. The van der Waals surface area contributed by atoms with E-state index in [1.807, 2.05) is 31.2 Å². The lowest BCUT2D eigenvalue weighted by Gasteiger charge is -2.42. The van der Waals surface area contributed by atoms with E-state index in [2.05, 4.69) is 53.4 Å². The molecular formula is C23H32O2Si. The van der Waals surface area contributed by atoms with E-state index in [1.54, 1.807) is 0 Å². The van der Waals surface area contributed by atoms with Crippen LogP contribution >= 0.6 is 0 Å². The third-order valence-corrected chi connectivity index (χ3v) is 11.7. The fraction of sp³-hybridized carbons (Fsp3) is 0.522. The normalized spacial score (nSPS) is 15.1. The standard InChI is InChI=1S/C23H32O2Si/c1-16(2)26(17(3)4,18(5)6)25-22-13-9-20(10-14-22)8-11-21-12-15-23(24)19(21)7/h9-10,13-14,16-18H,12,15H2,1-7H3. The fourth-order valence-electron chi connectivity index (χ4n) is 4.25. The molecule has 0 unspecified atom stereocenters. The number of rotatable bonds is 5. The van der Waals surface area contributed by atoms with E-state index >= 15 is 0 Å². The van der Waals surface area contributed by atoms with Crippen molar-refractivity contribution in [1.82, 2.24) is 0 Å². The van der Waals surface area contributed by atoms with Gasteiger partial charge in [0.05, 0.1) is 0 Å². The largest absolute Gasteiger partial charge is 0.543 e. The molecule has 1 aliphatic carbocycles. The Hall–Kier alpha value is -1.79. The number of hydrogen-bond donors (Lipinski definition) is 0. The molecule has 0 atom stereocenters. The molecule has 0 bridgehead atoms. The highest BCUT2D eigenvalue weighted by atomic mass is 28.4. The minimum Gasteiger partial charge on any atom is -0.543 e. The molecule has 1 aromatic carbocycles. The molecule has 0 aliphatic heterocycles. The first-order valence-corrected chi connectivity index (χ1v) is 11.9. The first kappa shape index (κ1) is 20.5. The minimum atomic E-state index is -1.92. The van der Waals surface area contributed by atoms with Crippen molar-refractivity contribution >= 4 is 14.1 Å². The third kappa shape index (κ3) is 4.12. The molecule has 140 valence electrons. The van der Waals surface area contributed by atoms with E-state index in [0.717, 1.165) is 28.9 Å². The van der Waals surface area contributed by atoms with Gasteiger partial charge in [-0.2, -0.15) is 0 Å². The topological polar surface area (TPSA) is 26.3 Å². The van der Waals surface area contributed by atoms with Crippen molar-refractivity contribution in [2.24, 2.45) is 0 Å². The van der Waals surface area contributed by atoms with Crippen LogP contribution in [0.25, 0.3) is 0 Å². The maximum absolute atomic E-state index is 11.6. The van der Waals surface area contributed by atoms with Crippen molar-refractivity contribution in [2.75, 3.05) is 0 Å². The quantitative estimate of drug-likeness (QED) is 0.452. The SMILES string of the molecule is CC1=C(C#Cc2ccc(O[Si](C(C)C)(C(C)C)C(C)C)cc2)CCC1=O. The molecule has 2 rings (SSSR count). The highest BCUT2D eigenvalue weighted by Gasteiger charge is 2.46. The maximum atomic E-state index is 11.6. The monoisotopic (exact) mass is 368 g/mol. The van der Waals surface area contributed by atoms with Crippen LogP contribution in [0.5, 0.6) is 5.75 Å². The first-order chi connectivity index (χ1) is 12.2. The molecule has 0 saturated heterocycles. The highest BCUT2D eigenvalue weighted by molar-refractivity contribution is 6.78. The second kappa shape index (κ2) is 8.27. The number of benzene rings is 1. The third-order valence-electron chi connectivity index (χ3n) is 5.69. The zero-order valence-corrected chi connectivity index (χ0v) is 18.3. The fourth-order valence-corrected chi connectivity index (χ4v) is 9.50. The van der Waals surface area contributed by atoms with Gasteiger partial charge >= 0.3 is 0 Å². The summed E-state index contributed by atoms with van der Waals surface area (Å²) >= 11 is 0. The van der Waals surface area contributed by atoms with E-state index in [9.17, 15) is 4.79 Å². The van der Waals surface area contributed by atoms with E-state index in [4.69, 9.17) is 4.43 Å². The maximum Gasteiger partial charge on any atom is 0.258 e. The lowest BCUT2D eigenvalue weighted by molar-refractivity contribution is -0.114. The second-order valence-electron chi connectivity index (χ2n) is 8.22. The lowest BCUT2D eigenvalue weighted by Crippen LogP contribution is -2.50. The van der Waals surface area contributed by atoms with Crippen molar-refractivity contribution in [3.63, 3.8) is 0 Å². The molecule has 0 spiro atoms. The highest BCUT2D eigenvalue weighted by Crippen LogP contribution is 2.42. The van der Waals surface area contributed by atoms with E-state index in [1.165, 1.54) is 0 Å². The van der Waals surface area contributed by atoms with Crippen LogP contribution in [0.4, 0.5) is 0 Å². The van der Waals surface area contributed by atoms with E-state index in [-0.39, 0.29) is 5.78 Å². The average molecular weight is 369 g/mol. The number of allylic oxidation sites excluding steroid dienone is 2. The first-order valence-electron chi connectivity index (χ1n) is 9.72. The molecule has 0 heterocycles. The van der Waals surface area contributed by atoms with Crippen molar-refractivity contribution in [3.8, 4) is 17.6 Å². The van der Waals surface area contributed by atoms with Gasteiger partial charge in [-0.15, -0.1) is 0 Å². The summed E-state index contributed by atoms with van der Waals surface area (Å²) in [5, 5.41) is 0. The second-order valence-corrected chi connectivity index (χ2v) is 13.6. The number of carbonyl (C=O) groups is 1. The molecule has 2 nitrogen and oxygen atoms in total. The van der Waals surface area contributed by atoms with Crippen molar-refractivity contribution in [3.05, 3.63) is 41.0 Å². The van der Waals surface area contributed by atoms with E-state index < -0.39 is 8.32 Å². The summed E-state index contributed by atoms with van der Waals surface area (Å²) in [7, 11) is -1.92. The molecule has 0 saturated carbocycles. The summed E-state index contributed by atoms with van der Waals surface area (Å²) < 4.78 is 6.69. The van der Waals surface area contributed by atoms with Gasteiger partial charge in [0, 0.05) is 23.1 Å². The van der Waals surface area contributed by atoms with Crippen LogP contribution in [0, 0.1) is 11.8 Å². The molecule has 1 aromatic rings. The summed E-state index contributed by atoms with van der Waals surface area (Å²) in [5.41, 5.74) is 4.44. The Morgan fingerprint density at radius 3 is 1.85 bits per heavy atom. The number of ketones is 1. The van der Waals surface area contributed by atoms with E-state index in [0.29, 0.717) is 23.0 Å². The molecule has 26 heavy (non-hydrogen) atoms. The van der Waals surface area contributed by atoms with Crippen LogP contribution in [-0.4, -0.2) is 14.1 Å². The number of carbonyl (C=O) groups excluding carboxylic acids is 1. The molecular weight excluding hydrogens is 336 g/mol. The van der Waals surface area contributed by atoms with Crippen LogP contribution in [0.2, 0.25) is 16.6 Å². The molecule has 0 amide bonds. The minimum absolute atomic E-state index is 0.232. The Morgan fingerprint density at radius 2 is 1.42 bits per heavy atom. The predicted octanol–water partition coefficient (Wildman–Crippen LogP) is 6.27. The summed E-state index contributed by atoms with van der Waals surface area (Å²) in [4.78, 5) is 11.6. The predicted molar refractivity (Wildman–Crippen MR) is 112 cm³/mol. The van der Waals surface area contributed by atoms with Crippen molar-refractivity contribution in [1.29, 1.82) is 0 Å². The smallest absolute Gasteiger partial charge is 0.258 e. The van der Waals surface area contributed by atoms with Gasteiger partial charge in [0.15, 0.2) is 5.78 Å². The van der Waals surface area contributed by atoms with Gasteiger partial charge in [-0.3, -0.25) is 4.79 Å². The van der Waals surface area contributed by atoms with Gasteiger partial charge in [0.2, 0.25) is 0 Å². The van der Waals surface area contributed by atoms with Gasteiger partial charge in [0.25, 0.3) is 8.32 Å². The zero-order chi connectivity index (χ0) is 19.5. The van der Waals surface area contributed by atoms with Gasteiger partial charge in [-0.25, -0.2) is 0 Å². The van der Waals surface area contributed by atoms with Crippen LogP contribution in [0.15, 0.2) is 35.4 Å².